The van der Waals surface area contributed by atoms with Gasteiger partial charge < -0.3 is 9.47 Å². The molecule has 0 N–H and O–H groups in total. The van der Waals surface area contributed by atoms with Gasteiger partial charge in [0.05, 0.1) is 23.9 Å². The van der Waals surface area contributed by atoms with Gasteiger partial charge in [0, 0.05) is 0 Å². The molecule has 0 heterocycles. The maximum absolute atomic E-state index is 6.84. The SMILES string of the molecule is CCCCCCCCC(OC1CCCC1)C(CC)(CC)OC1CCCC1. The molecule has 2 heteroatoms. The Morgan fingerprint density at radius 3 is 1.85 bits per heavy atom. The summed E-state index contributed by atoms with van der Waals surface area (Å²) in [4.78, 5) is 0. The lowest BCUT2D eigenvalue weighted by atomic mass is 9.86. The lowest BCUT2D eigenvalue weighted by Crippen LogP contribution is -2.48. The van der Waals surface area contributed by atoms with Crippen molar-refractivity contribution in [2.75, 3.05) is 0 Å². The van der Waals surface area contributed by atoms with Gasteiger partial charge in [-0.05, 0) is 44.9 Å². The monoisotopic (exact) mass is 366 g/mol. The fraction of sp³-hybridized carbons (Fsp3) is 1.00. The van der Waals surface area contributed by atoms with E-state index in [4.69, 9.17) is 9.47 Å². The van der Waals surface area contributed by atoms with E-state index in [0.717, 1.165) is 12.8 Å². The highest BCUT2D eigenvalue weighted by atomic mass is 16.6. The fourth-order valence-electron chi connectivity index (χ4n) is 5.11. The first-order chi connectivity index (χ1) is 12.7. The average molecular weight is 367 g/mol. The van der Waals surface area contributed by atoms with E-state index in [9.17, 15) is 0 Å². The van der Waals surface area contributed by atoms with Crippen molar-refractivity contribution in [1.29, 1.82) is 0 Å². The van der Waals surface area contributed by atoms with Crippen LogP contribution in [-0.4, -0.2) is 23.9 Å². The summed E-state index contributed by atoms with van der Waals surface area (Å²) in [6.45, 7) is 6.94. The summed E-state index contributed by atoms with van der Waals surface area (Å²) in [5, 5.41) is 0. The van der Waals surface area contributed by atoms with Gasteiger partial charge in [0.2, 0.25) is 0 Å². The van der Waals surface area contributed by atoms with E-state index in [1.54, 1.807) is 0 Å². The van der Waals surface area contributed by atoms with Gasteiger partial charge >= 0.3 is 0 Å². The Morgan fingerprint density at radius 1 is 0.731 bits per heavy atom. The van der Waals surface area contributed by atoms with Crippen LogP contribution in [0.25, 0.3) is 0 Å². The molecule has 0 bridgehead atoms. The summed E-state index contributed by atoms with van der Waals surface area (Å²) >= 11 is 0. The first-order valence-electron chi connectivity index (χ1n) is 12.1. The van der Waals surface area contributed by atoms with E-state index in [0.29, 0.717) is 18.3 Å². The van der Waals surface area contributed by atoms with Crippen LogP contribution in [0.15, 0.2) is 0 Å². The number of hydrogen-bond acceptors (Lipinski definition) is 2. The van der Waals surface area contributed by atoms with Crippen LogP contribution in [0.2, 0.25) is 0 Å². The molecule has 0 aromatic heterocycles. The molecule has 154 valence electrons. The first kappa shape index (κ1) is 22.2. The Balaban J connectivity index is 1.94. The van der Waals surface area contributed by atoms with Crippen molar-refractivity contribution in [1.82, 2.24) is 0 Å². The molecule has 2 aliphatic rings. The van der Waals surface area contributed by atoms with Crippen molar-refractivity contribution in [3.63, 3.8) is 0 Å². The van der Waals surface area contributed by atoms with Crippen molar-refractivity contribution in [2.24, 2.45) is 0 Å². The van der Waals surface area contributed by atoms with E-state index in [1.165, 1.54) is 96.3 Å². The van der Waals surface area contributed by atoms with E-state index in [-0.39, 0.29) is 5.60 Å². The standard InChI is InChI=1S/C24H46O2/c1-4-7-8-9-10-11-20-23(25-21-16-12-13-17-21)24(5-2,6-3)26-22-18-14-15-19-22/h21-23H,4-20H2,1-3H3. The highest BCUT2D eigenvalue weighted by Gasteiger charge is 2.41. The molecule has 1 unspecified atom stereocenters. The van der Waals surface area contributed by atoms with Crippen molar-refractivity contribution in [3.05, 3.63) is 0 Å². The third-order valence-electron chi connectivity index (χ3n) is 6.97. The Kier molecular flexibility index (Phi) is 10.6. The Labute approximate surface area is 163 Å². The molecule has 0 spiro atoms. The van der Waals surface area contributed by atoms with E-state index >= 15 is 0 Å². The molecule has 0 aromatic rings. The summed E-state index contributed by atoms with van der Waals surface area (Å²) in [7, 11) is 0. The quantitative estimate of drug-likeness (QED) is 0.295. The van der Waals surface area contributed by atoms with Crippen LogP contribution >= 0.6 is 0 Å². The van der Waals surface area contributed by atoms with Crippen molar-refractivity contribution in [3.8, 4) is 0 Å². The molecule has 26 heavy (non-hydrogen) atoms. The zero-order valence-corrected chi connectivity index (χ0v) is 18.1. The van der Waals surface area contributed by atoms with Crippen molar-refractivity contribution >= 4 is 0 Å². The van der Waals surface area contributed by atoms with Gasteiger partial charge in [-0.2, -0.15) is 0 Å². The molecule has 2 aliphatic carbocycles. The molecule has 0 saturated heterocycles. The first-order valence-corrected chi connectivity index (χ1v) is 12.1. The van der Waals surface area contributed by atoms with Crippen LogP contribution in [0.5, 0.6) is 0 Å². The zero-order chi connectivity index (χ0) is 18.7. The van der Waals surface area contributed by atoms with Crippen LogP contribution in [0, 0.1) is 0 Å². The number of unbranched alkanes of at least 4 members (excludes halogenated alkanes) is 5. The molecule has 2 fully saturated rings. The fourth-order valence-corrected chi connectivity index (χ4v) is 5.11. The summed E-state index contributed by atoms with van der Waals surface area (Å²) in [5.74, 6) is 0. The Hall–Kier alpha value is -0.0800. The zero-order valence-electron chi connectivity index (χ0n) is 18.1. The normalized spacial score (nSPS) is 20.9. The summed E-state index contributed by atoms with van der Waals surface area (Å²) in [6.07, 6.45) is 23.2. The van der Waals surface area contributed by atoms with Crippen molar-refractivity contribution < 1.29 is 9.47 Å². The van der Waals surface area contributed by atoms with Crippen LogP contribution in [0.1, 0.15) is 130 Å². The second kappa shape index (κ2) is 12.4. The third-order valence-corrected chi connectivity index (χ3v) is 6.97. The van der Waals surface area contributed by atoms with E-state index in [1.807, 2.05) is 0 Å². The lowest BCUT2D eigenvalue weighted by molar-refractivity contribution is -0.191. The second-order valence-electron chi connectivity index (χ2n) is 8.88. The predicted octanol–water partition coefficient (Wildman–Crippen LogP) is 7.58. The minimum atomic E-state index is -0.0545. The van der Waals surface area contributed by atoms with Gasteiger partial charge in [0.1, 0.15) is 0 Å². The lowest BCUT2D eigenvalue weighted by Gasteiger charge is -2.42. The summed E-state index contributed by atoms with van der Waals surface area (Å²) in [6, 6.07) is 0. The number of hydrogen-bond donors (Lipinski definition) is 0. The molecule has 0 amide bonds. The second-order valence-corrected chi connectivity index (χ2v) is 8.88. The van der Waals surface area contributed by atoms with Gasteiger partial charge in [0.15, 0.2) is 0 Å². The van der Waals surface area contributed by atoms with E-state index < -0.39 is 0 Å². The molecule has 0 aromatic carbocycles. The minimum Gasteiger partial charge on any atom is -0.372 e. The predicted molar refractivity (Wildman–Crippen MR) is 112 cm³/mol. The smallest absolute Gasteiger partial charge is 0.0941 e. The highest BCUT2D eigenvalue weighted by Crippen LogP contribution is 2.37. The van der Waals surface area contributed by atoms with Crippen LogP contribution in [-0.2, 0) is 9.47 Å². The number of ether oxygens (including phenoxy) is 2. The maximum atomic E-state index is 6.84. The summed E-state index contributed by atoms with van der Waals surface area (Å²) in [5.41, 5.74) is -0.0545. The van der Waals surface area contributed by atoms with Gasteiger partial charge in [-0.25, -0.2) is 0 Å². The molecule has 2 rings (SSSR count). The topological polar surface area (TPSA) is 18.5 Å². The van der Waals surface area contributed by atoms with Crippen LogP contribution < -0.4 is 0 Å². The molecular formula is C24H46O2. The molecule has 1 atom stereocenters. The average Bonchev–Trinajstić information content (AvgIpc) is 3.35. The maximum Gasteiger partial charge on any atom is 0.0941 e. The van der Waals surface area contributed by atoms with Gasteiger partial charge in [0.25, 0.3) is 0 Å². The minimum absolute atomic E-state index is 0.0545. The Morgan fingerprint density at radius 2 is 1.27 bits per heavy atom. The van der Waals surface area contributed by atoms with Crippen molar-refractivity contribution in [2.45, 2.75) is 154 Å². The largest absolute Gasteiger partial charge is 0.372 e. The highest BCUT2D eigenvalue weighted by molar-refractivity contribution is 4.91. The van der Waals surface area contributed by atoms with Gasteiger partial charge in [-0.3, -0.25) is 0 Å². The van der Waals surface area contributed by atoms with Gasteiger partial charge in [-0.15, -0.1) is 0 Å². The molecule has 0 radical (unpaired) electrons. The summed E-state index contributed by atoms with van der Waals surface area (Å²) < 4.78 is 13.6. The molecule has 2 saturated carbocycles. The van der Waals surface area contributed by atoms with Crippen LogP contribution in [0.3, 0.4) is 0 Å². The van der Waals surface area contributed by atoms with E-state index in [2.05, 4.69) is 20.8 Å². The van der Waals surface area contributed by atoms with Crippen LogP contribution in [0.4, 0.5) is 0 Å². The number of rotatable bonds is 14. The van der Waals surface area contributed by atoms with Gasteiger partial charge in [-0.1, -0.05) is 85.0 Å². The molecule has 2 nitrogen and oxygen atoms in total. The molecular weight excluding hydrogens is 320 g/mol. The Bertz CT molecular complexity index is 338. The molecule has 0 aliphatic heterocycles. The third kappa shape index (κ3) is 6.82.